The Morgan fingerprint density at radius 2 is 2.16 bits per heavy atom. The summed E-state index contributed by atoms with van der Waals surface area (Å²) < 4.78 is 1.81. The zero-order chi connectivity index (χ0) is 13.2. The number of anilines is 1. The quantitative estimate of drug-likeness (QED) is 0.931. The number of hydrogen-bond acceptors (Lipinski definition) is 5. The molecule has 0 amide bonds. The Labute approximate surface area is 117 Å². The van der Waals surface area contributed by atoms with Crippen LogP contribution < -0.4 is 5.32 Å². The summed E-state index contributed by atoms with van der Waals surface area (Å²) in [6, 6.07) is 0. The molecular formula is C13H19N5S. The molecule has 102 valence electrons. The lowest BCUT2D eigenvalue weighted by Crippen LogP contribution is -2.04. The van der Waals surface area contributed by atoms with E-state index in [0.717, 1.165) is 33.7 Å². The van der Waals surface area contributed by atoms with Crippen molar-refractivity contribution >= 4 is 28.6 Å². The Kier molecular flexibility index (Phi) is 3.59. The summed E-state index contributed by atoms with van der Waals surface area (Å²) >= 11 is 1.99. The molecule has 0 unspecified atom stereocenters. The smallest absolute Gasteiger partial charge is 0.163 e. The number of aromatic nitrogens is 4. The van der Waals surface area contributed by atoms with Gasteiger partial charge in [0.05, 0.1) is 17.3 Å². The SMILES string of the molecule is CNc1nc(CSC2CCCC2)nc2c1cnn2C. The molecule has 6 heteroatoms. The van der Waals surface area contributed by atoms with Crippen molar-refractivity contribution in [3.05, 3.63) is 12.0 Å². The summed E-state index contributed by atoms with van der Waals surface area (Å²) in [6.45, 7) is 0. The molecule has 0 spiro atoms. The second-order valence-electron chi connectivity index (χ2n) is 4.96. The number of aryl methyl sites for hydroxylation is 1. The summed E-state index contributed by atoms with van der Waals surface area (Å²) in [6.07, 6.45) is 7.26. The van der Waals surface area contributed by atoms with Gasteiger partial charge in [0.1, 0.15) is 11.6 Å². The van der Waals surface area contributed by atoms with E-state index in [1.807, 2.05) is 36.7 Å². The van der Waals surface area contributed by atoms with Crippen LogP contribution in [-0.2, 0) is 12.8 Å². The molecule has 0 aliphatic heterocycles. The van der Waals surface area contributed by atoms with Crippen molar-refractivity contribution in [2.75, 3.05) is 12.4 Å². The molecule has 0 saturated heterocycles. The Bertz CT molecular complexity index is 574. The Hall–Kier alpha value is -1.30. The third-order valence-corrected chi connectivity index (χ3v) is 4.99. The molecule has 0 atom stereocenters. The van der Waals surface area contributed by atoms with Crippen molar-refractivity contribution < 1.29 is 0 Å². The lowest BCUT2D eigenvalue weighted by atomic mass is 10.4. The van der Waals surface area contributed by atoms with E-state index < -0.39 is 0 Å². The van der Waals surface area contributed by atoms with Gasteiger partial charge in [-0.3, -0.25) is 4.68 Å². The van der Waals surface area contributed by atoms with E-state index in [0.29, 0.717) is 0 Å². The van der Waals surface area contributed by atoms with Gasteiger partial charge in [0.25, 0.3) is 0 Å². The maximum atomic E-state index is 4.63. The first-order valence-corrected chi connectivity index (χ1v) is 7.81. The highest BCUT2D eigenvalue weighted by atomic mass is 32.2. The predicted octanol–water partition coefficient (Wildman–Crippen LogP) is 2.58. The van der Waals surface area contributed by atoms with E-state index in [4.69, 9.17) is 0 Å². The zero-order valence-electron chi connectivity index (χ0n) is 11.4. The predicted molar refractivity (Wildman–Crippen MR) is 79.4 cm³/mol. The normalized spacial score (nSPS) is 16.3. The topological polar surface area (TPSA) is 55.6 Å². The summed E-state index contributed by atoms with van der Waals surface area (Å²) in [5, 5.41) is 9.17. The average Bonchev–Trinajstić information content (AvgIpc) is 3.06. The molecule has 1 fully saturated rings. The summed E-state index contributed by atoms with van der Waals surface area (Å²) in [5.41, 5.74) is 0.904. The van der Waals surface area contributed by atoms with E-state index in [9.17, 15) is 0 Å². The minimum atomic E-state index is 0.795. The fourth-order valence-electron chi connectivity index (χ4n) is 2.57. The van der Waals surface area contributed by atoms with Gasteiger partial charge in [-0.25, -0.2) is 9.97 Å². The van der Waals surface area contributed by atoms with E-state index >= 15 is 0 Å². The monoisotopic (exact) mass is 277 g/mol. The fraction of sp³-hybridized carbons (Fsp3) is 0.615. The summed E-state index contributed by atoms with van der Waals surface area (Å²) in [4.78, 5) is 9.23. The maximum absolute atomic E-state index is 4.63. The molecule has 0 bridgehead atoms. The molecule has 2 aromatic heterocycles. The first-order chi connectivity index (χ1) is 9.28. The molecule has 0 radical (unpaired) electrons. The molecule has 5 nitrogen and oxygen atoms in total. The highest BCUT2D eigenvalue weighted by molar-refractivity contribution is 7.99. The van der Waals surface area contributed by atoms with Gasteiger partial charge in [-0.2, -0.15) is 16.9 Å². The average molecular weight is 277 g/mol. The van der Waals surface area contributed by atoms with Crippen molar-refractivity contribution in [2.24, 2.45) is 7.05 Å². The summed E-state index contributed by atoms with van der Waals surface area (Å²) in [5.74, 6) is 2.66. The van der Waals surface area contributed by atoms with Crippen molar-refractivity contribution in [3.63, 3.8) is 0 Å². The third kappa shape index (κ3) is 2.54. The molecule has 2 aromatic rings. The molecular weight excluding hydrogens is 258 g/mol. The van der Waals surface area contributed by atoms with Gasteiger partial charge in [-0.15, -0.1) is 0 Å². The highest BCUT2D eigenvalue weighted by Crippen LogP contribution is 2.31. The van der Waals surface area contributed by atoms with Crippen molar-refractivity contribution in [3.8, 4) is 0 Å². The molecule has 1 aliphatic carbocycles. The van der Waals surface area contributed by atoms with Gasteiger partial charge in [-0.05, 0) is 12.8 Å². The number of hydrogen-bond donors (Lipinski definition) is 1. The Balaban J connectivity index is 1.84. The van der Waals surface area contributed by atoms with Crippen molar-refractivity contribution in [1.29, 1.82) is 0 Å². The molecule has 2 heterocycles. The first kappa shape index (κ1) is 12.7. The van der Waals surface area contributed by atoms with E-state index in [1.165, 1.54) is 25.7 Å². The van der Waals surface area contributed by atoms with Crippen LogP contribution in [0.5, 0.6) is 0 Å². The highest BCUT2D eigenvalue weighted by Gasteiger charge is 2.17. The van der Waals surface area contributed by atoms with Gasteiger partial charge in [-0.1, -0.05) is 12.8 Å². The van der Waals surface area contributed by atoms with Gasteiger partial charge in [0.15, 0.2) is 5.65 Å². The van der Waals surface area contributed by atoms with Crippen LogP contribution >= 0.6 is 11.8 Å². The van der Waals surface area contributed by atoms with Crippen LogP contribution in [-0.4, -0.2) is 32.0 Å². The minimum Gasteiger partial charge on any atom is -0.372 e. The number of fused-ring (bicyclic) bond motifs is 1. The van der Waals surface area contributed by atoms with E-state index in [2.05, 4.69) is 20.4 Å². The second kappa shape index (κ2) is 5.36. The van der Waals surface area contributed by atoms with Crippen LogP contribution in [0.2, 0.25) is 0 Å². The third-order valence-electron chi connectivity index (χ3n) is 3.63. The van der Waals surface area contributed by atoms with Gasteiger partial charge >= 0.3 is 0 Å². The molecule has 0 aromatic carbocycles. The molecule has 19 heavy (non-hydrogen) atoms. The maximum Gasteiger partial charge on any atom is 0.163 e. The van der Waals surface area contributed by atoms with Crippen LogP contribution in [0.15, 0.2) is 6.20 Å². The largest absolute Gasteiger partial charge is 0.372 e. The van der Waals surface area contributed by atoms with Crippen molar-refractivity contribution in [1.82, 2.24) is 19.7 Å². The number of thioether (sulfide) groups is 1. The molecule has 1 aliphatic rings. The second-order valence-corrected chi connectivity index (χ2v) is 6.25. The minimum absolute atomic E-state index is 0.795. The Morgan fingerprint density at radius 1 is 1.37 bits per heavy atom. The van der Waals surface area contributed by atoms with Crippen LogP contribution in [0.4, 0.5) is 5.82 Å². The lowest BCUT2D eigenvalue weighted by Gasteiger charge is -2.09. The Morgan fingerprint density at radius 3 is 2.89 bits per heavy atom. The van der Waals surface area contributed by atoms with Crippen LogP contribution in [0.3, 0.4) is 0 Å². The van der Waals surface area contributed by atoms with Gasteiger partial charge in [0, 0.05) is 19.3 Å². The zero-order valence-corrected chi connectivity index (χ0v) is 12.2. The first-order valence-electron chi connectivity index (χ1n) is 6.76. The van der Waals surface area contributed by atoms with Crippen molar-refractivity contribution in [2.45, 2.75) is 36.7 Å². The van der Waals surface area contributed by atoms with Gasteiger partial charge < -0.3 is 5.32 Å². The number of nitrogens with one attached hydrogen (secondary N) is 1. The molecule has 3 rings (SSSR count). The van der Waals surface area contributed by atoms with E-state index in [1.54, 1.807) is 0 Å². The lowest BCUT2D eigenvalue weighted by molar-refractivity contribution is 0.782. The number of rotatable bonds is 4. The van der Waals surface area contributed by atoms with Crippen LogP contribution in [0, 0.1) is 0 Å². The molecule has 1 saturated carbocycles. The van der Waals surface area contributed by atoms with E-state index in [-0.39, 0.29) is 0 Å². The van der Waals surface area contributed by atoms with Gasteiger partial charge in [0.2, 0.25) is 0 Å². The van der Waals surface area contributed by atoms with Crippen LogP contribution in [0.25, 0.3) is 11.0 Å². The number of nitrogens with zero attached hydrogens (tertiary/aromatic N) is 4. The molecule has 1 N–H and O–H groups in total. The fourth-order valence-corrected chi connectivity index (χ4v) is 3.75. The summed E-state index contributed by atoms with van der Waals surface area (Å²) in [7, 11) is 3.81. The van der Waals surface area contributed by atoms with Crippen LogP contribution in [0.1, 0.15) is 31.5 Å². The standard InChI is InChI=1S/C13H19N5S/c1-14-12-10-7-15-18(2)13(10)17-11(16-12)8-19-9-5-3-4-6-9/h7,9H,3-6,8H2,1-2H3,(H,14,16,17).